The van der Waals surface area contributed by atoms with E-state index >= 15 is 0 Å². The second-order valence-electron chi connectivity index (χ2n) is 3.65. The van der Waals surface area contributed by atoms with E-state index in [1.54, 1.807) is 0 Å². The molecule has 1 aromatic carbocycles. The van der Waals surface area contributed by atoms with Crippen LogP contribution in [0.2, 0.25) is 0 Å². The summed E-state index contributed by atoms with van der Waals surface area (Å²) in [6, 6.07) is 1.72. The lowest BCUT2D eigenvalue weighted by Crippen LogP contribution is -2.37. The number of carboxylic acids is 1. The van der Waals surface area contributed by atoms with Crippen LogP contribution in [-0.4, -0.2) is 33.1 Å². The molecular formula is C10H11N3O6. The zero-order valence-electron chi connectivity index (χ0n) is 9.57. The second-order valence-corrected chi connectivity index (χ2v) is 3.65. The molecule has 0 heterocycles. The minimum Gasteiger partial charge on any atom is -0.506 e. The molecule has 0 bridgehead atoms. The molecule has 1 atom stereocenters. The van der Waals surface area contributed by atoms with Gasteiger partial charge in [0.15, 0.2) is 0 Å². The molecule has 9 heteroatoms. The van der Waals surface area contributed by atoms with Crippen LogP contribution in [-0.2, 0) is 9.59 Å². The predicted molar refractivity (Wildman–Crippen MR) is 63.6 cm³/mol. The highest BCUT2D eigenvalue weighted by molar-refractivity contribution is 5.97. The van der Waals surface area contributed by atoms with Crippen molar-refractivity contribution in [3.05, 3.63) is 28.3 Å². The zero-order chi connectivity index (χ0) is 14.6. The molecule has 0 aliphatic rings. The van der Waals surface area contributed by atoms with Crippen molar-refractivity contribution in [2.45, 2.75) is 12.5 Å². The van der Waals surface area contributed by atoms with Crippen molar-refractivity contribution in [1.82, 2.24) is 0 Å². The Morgan fingerprint density at radius 1 is 1.47 bits per heavy atom. The van der Waals surface area contributed by atoms with Crippen LogP contribution >= 0.6 is 0 Å². The number of nitro benzene ring substituents is 1. The van der Waals surface area contributed by atoms with Crippen molar-refractivity contribution in [3.8, 4) is 5.75 Å². The molecule has 0 aliphatic heterocycles. The summed E-state index contributed by atoms with van der Waals surface area (Å²) in [5, 5.41) is 30.6. The van der Waals surface area contributed by atoms with Gasteiger partial charge in [-0.15, -0.1) is 0 Å². The molecule has 0 saturated heterocycles. The first-order valence-corrected chi connectivity index (χ1v) is 5.07. The van der Waals surface area contributed by atoms with Gasteiger partial charge in [0.25, 0.3) is 5.69 Å². The summed E-state index contributed by atoms with van der Waals surface area (Å²) >= 11 is 0. The molecule has 0 saturated carbocycles. The van der Waals surface area contributed by atoms with Gasteiger partial charge in [-0.05, 0) is 6.07 Å². The van der Waals surface area contributed by atoms with E-state index in [2.05, 4.69) is 5.32 Å². The zero-order valence-corrected chi connectivity index (χ0v) is 9.57. The van der Waals surface area contributed by atoms with Crippen molar-refractivity contribution < 1.29 is 24.7 Å². The van der Waals surface area contributed by atoms with E-state index in [1.807, 2.05) is 0 Å². The number of phenols is 1. The summed E-state index contributed by atoms with van der Waals surface area (Å²) in [5.74, 6) is -2.51. The molecule has 102 valence electrons. The lowest BCUT2D eigenvalue weighted by molar-refractivity contribution is -0.384. The highest BCUT2D eigenvalue weighted by atomic mass is 16.6. The standard InChI is InChI=1S/C10H11N3O6/c11-6(4-9(15)16)10(17)12-7-3-5(13(18)19)1-2-8(7)14/h1-3,6,14H,4,11H2,(H,12,17)(H,15,16). The number of nitrogens with two attached hydrogens (primary N) is 1. The number of non-ortho nitro benzene ring substituents is 1. The number of nitro groups is 1. The number of benzene rings is 1. The minimum atomic E-state index is -1.32. The first-order valence-electron chi connectivity index (χ1n) is 5.07. The number of nitrogens with zero attached hydrogens (tertiary/aromatic N) is 1. The third kappa shape index (κ3) is 3.92. The highest BCUT2D eigenvalue weighted by Crippen LogP contribution is 2.27. The summed E-state index contributed by atoms with van der Waals surface area (Å²) in [5.41, 5.74) is 4.76. The number of rotatable bonds is 5. The van der Waals surface area contributed by atoms with Gasteiger partial charge in [0.1, 0.15) is 5.75 Å². The number of hydrogen-bond acceptors (Lipinski definition) is 6. The van der Waals surface area contributed by atoms with Gasteiger partial charge in [0.2, 0.25) is 5.91 Å². The van der Waals surface area contributed by atoms with Crippen LogP contribution in [0.1, 0.15) is 6.42 Å². The Hall–Kier alpha value is -2.68. The van der Waals surface area contributed by atoms with Crippen LogP contribution in [0.4, 0.5) is 11.4 Å². The maximum atomic E-state index is 11.5. The number of anilines is 1. The molecule has 0 spiro atoms. The van der Waals surface area contributed by atoms with E-state index in [4.69, 9.17) is 10.8 Å². The number of nitrogens with one attached hydrogen (secondary N) is 1. The Morgan fingerprint density at radius 2 is 2.11 bits per heavy atom. The molecule has 0 fully saturated rings. The van der Waals surface area contributed by atoms with Crippen LogP contribution < -0.4 is 11.1 Å². The van der Waals surface area contributed by atoms with Crippen molar-refractivity contribution in [3.63, 3.8) is 0 Å². The van der Waals surface area contributed by atoms with Crippen molar-refractivity contribution >= 4 is 23.3 Å². The molecular weight excluding hydrogens is 258 g/mol. The maximum Gasteiger partial charge on any atom is 0.305 e. The van der Waals surface area contributed by atoms with Gasteiger partial charge in [-0.25, -0.2) is 0 Å². The van der Waals surface area contributed by atoms with Gasteiger partial charge >= 0.3 is 5.97 Å². The number of phenolic OH excluding ortho intramolecular Hbond substituents is 1. The van der Waals surface area contributed by atoms with Gasteiger partial charge in [0.05, 0.1) is 23.1 Å². The summed E-state index contributed by atoms with van der Waals surface area (Å²) in [6.07, 6.45) is -0.596. The summed E-state index contributed by atoms with van der Waals surface area (Å²) in [6.45, 7) is 0. The molecule has 9 nitrogen and oxygen atoms in total. The average Bonchev–Trinajstić information content (AvgIpc) is 2.30. The van der Waals surface area contributed by atoms with E-state index < -0.39 is 29.3 Å². The molecule has 0 aromatic heterocycles. The largest absolute Gasteiger partial charge is 0.506 e. The third-order valence-corrected chi connectivity index (χ3v) is 2.18. The molecule has 1 unspecified atom stereocenters. The van der Waals surface area contributed by atoms with Gasteiger partial charge in [-0.2, -0.15) is 0 Å². The fourth-order valence-corrected chi connectivity index (χ4v) is 1.24. The number of aromatic hydroxyl groups is 1. The number of aliphatic carboxylic acids is 1. The Balaban J connectivity index is 2.86. The quantitative estimate of drug-likeness (QED) is 0.334. The SMILES string of the molecule is NC(CC(=O)O)C(=O)Nc1cc([N+](=O)[O-])ccc1O. The number of carboxylic acid groups (broad SMARTS) is 1. The van der Waals surface area contributed by atoms with Crippen molar-refractivity contribution in [2.75, 3.05) is 5.32 Å². The molecule has 0 aliphatic carbocycles. The van der Waals surface area contributed by atoms with E-state index in [-0.39, 0.29) is 17.1 Å². The smallest absolute Gasteiger partial charge is 0.305 e. The van der Waals surface area contributed by atoms with Crippen LogP contribution in [0, 0.1) is 10.1 Å². The van der Waals surface area contributed by atoms with E-state index in [1.165, 1.54) is 0 Å². The minimum absolute atomic E-state index is 0.208. The predicted octanol–water partition coefficient (Wildman–Crippen LogP) is 0.0409. The van der Waals surface area contributed by atoms with Gasteiger partial charge in [0, 0.05) is 12.1 Å². The van der Waals surface area contributed by atoms with E-state index in [0.29, 0.717) is 0 Å². The Bertz CT molecular complexity index is 530. The second kappa shape index (κ2) is 5.78. The summed E-state index contributed by atoms with van der Waals surface area (Å²) in [4.78, 5) is 31.7. The Kier molecular flexibility index (Phi) is 4.37. The van der Waals surface area contributed by atoms with Crippen LogP contribution in [0.15, 0.2) is 18.2 Å². The van der Waals surface area contributed by atoms with Gasteiger partial charge in [-0.3, -0.25) is 19.7 Å². The lowest BCUT2D eigenvalue weighted by Gasteiger charge is -2.11. The van der Waals surface area contributed by atoms with Crippen molar-refractivity contribution in [2.24, 2.45) is 5.73 Å². The number of carbonyl (C=O) groups excluding carboxylic acids is 1. The average molecular weight is 269 g/mol. The van der Waals surface area contributed by atoms with E-state index in [0.717, 1.165) is 18.2 Å². The molecule has 0 radical (unpaired) electrons. The normalized spacial score (nSPS) is 11.6. The van der Waals surface area contributed by atoms with Crippen LogP contribution in [0.5, 0.6) is 5.75 Å². The number of carbonyl (C=O) groups is 2. The first-order chi connectivity index (χ1) is 8.81. The molecule has 1 rings (SSSR count). The summed E-state index contributed by atoms with van der Waals surface area (Å²) < 4.78 is 0. The van der Waals surface area contributed by atoms with Gasteiger partial charge < -0.3 is 21.3 Å². The fourth-order valence-electron chi connectivity index (χ4n) is 1.24. The van der Waals surface area contributed by atoms with Crippen LogP contribution in [0.3, 0.4) is 0 Å². The molecule has 19 heavy (non-hydrogen) atoms. The molecule has 1 aromatic rings. The maximum absolute atomic E-state index is 11.5. The Labute approximate surface area is 106 Å². The first kappa shape index (κ1) is 14.4. The summed E-state index contributed by atoms with van der Waals surface area (Å²) in [7, 11) is 0. The highest BCUT2D eigenvalue weighted by Gasteiger charge is 2.19. The molecule has 5 N–H and O–H groups in total. The van der Waals surface area contributed by atoms with Crippen LogP contribution in [0.25, 0.3) is 0 Å². The molecule has 1 amide bonds. The number of hydrogen-bond donors (Lipinski definition) is 4. The number of amides is 1. The van der Waals surface area contributed by atoms with Gasteiger partial charge in [-0.1, -0.05) is 0 Å². The monoisotopic (exact) mass is 269 g/mol. The van der Waals surface area contributed by atoms with Crippen molar-refractivity contribution in [1.29, 1.82) is 0 Å². The third-order valence-electron chi connectivity index (χ3n) is 2.18. The fraction of sp³-hybridized carbons (Fsp3) is 0.200. The topological polar surface area (TPSA) is 156 Å². The van der Waals surface area contributed by atoms with E-state index in [9.17, 15) is 24.8 Å². The Morgan fingerprint density at radius 3 is 2.63 bits per heavy atom. The lowest BCUT2D eigenvalue weighted by atomic mass is 10.2.